The molecule has 0 N–H and O–H groups in total. The molecule has 6 rings (SSSR count). The number of rotatable bonds is 3. The predicted octanol–water partition coefficient (Wildman–Crippen LogP) is 12.2. The summed E-state index contributed by atoms with van der Waals surface area (Å²) in [6, 6.07) is -1.25. The minimum absolute atomic E-state index is 0. The molecule has 324 valence electrons. The first kappa shape index (κ1) is 49.1. The first-order chi connectivity index (χ1) is 27.8. The van der Waals surface area contributed by atoms with Crippen LogP contribution >= 0.6 is 0 Å². The van der Waals surface area contributed by atoms with Gasteiger partial charge in [0.15, 0.2) is 140 Å². The Balaban J connectivity index is 0.000000242. The van der Waals surface area contributed by atoms with E-state index in [1.807, 2.05) is 0 Å². The lowest BCUT2D eigenvalue weighted by Crippen LogP contribution is -2.05. The molecule has 6 aromatic carbocycles. The van der Waals surface area contributed by atoms with Crippen molar-refractivity contribution < 1.29 is 105 Å². The summed E-state index contributed by atoms with van der Waals surface area (Å²) in [7, 11) is 0. The molecular weight excluding hydrogens is 899 g/mol. The molecule has 0 spiro atoms. The van der Waals surface area contributed by atoms with Crippen LogP contribution in [-0.2, 0) is 0 Å². The van der Waals surface area contributed by atoms with Crippen LogP contribution in [0.3, 0.4) is 0 Å². The fourth-order valence-corrected chi connectivity index (χ4v) is 4.76. The van der Waals surface area contributed by atoms with Crippen LogP contribution in [0.2, 0.25) is 0 Å². The molecule has 0 aliphatic rings. The highest BCUT2D eigenvalue weighted by molar-refractivity contribution is 5.75. The minimum atomic E-state index is -2.17. The van der Waals surface area contributed by atoms with Gasteiger partial charge in [-0.25, -0.2) is 105 Å². The average Bonchev–Trinajstić information content (AvgIpc) is 3.17. The van der Waals surface area contributed by atoms with Gasteiger partial charge in [0.25, 0.3) is 0 Å². The SMILES string of the molecule is B.Fc1cc(F)c(F)c(-c2c(F)c(F)cc(F)c2F)c1F.Fc1cc(F)c(F)c(-c2c(F)c(F)cc(F)c2F)c1F.Fc1cc(F)c(F)c(-c2c(F)c(F)cc(F)c2F)c1F. The van der Waals surface area contributed by atoms with Gasteiger partial charge in [-0.15, -0.1) is 0 Å². The van der Waals surface area contributed by atoms with Crippen molar-refractivity contribution in [3.05, 3.63) is 176 Å². The lowest BCUT2D eigenvalue weighted by molar-refractivity contribution is 0.441. The van der Waals surface area contributed by atoms with Crippen LogP contribution in [0.15, 0.2) is 36.4 Å². The van der Waals surface area contributed by atoms with E-state index in [1.165, 1.54) is 0 Å². The van der Waals surface area contributed by atoms with Crippen LogP contribution in [0, 0.1) is 140 Å². The third-order valence-corrected chi connectivity index (χ3v) is 7.42. The summed E-state index contributed by atoms with van der Waals surface area (Å²) >= 11 is 0. The Hall–Kier alpha value is -6.30. The first-order valence-corrected chi connectivity index (χ1v) is 14.7. The van der Waals surface area contributed by atoms with E-state index in [0.717, 1.165) is 0 Å². The van der Waals surface area contributed by atoms with E-state index in [2.05, 4.69) is 0 Å². The number of hydrogen-bond acceptors (Lipinski definition) is 0. The quantitative estimate of drug-likeness (QED) is 0.0943. The molecule has 0 fully saturated rings. The van der Waals surface area contributed by atoms with Crippen LogP contribution in [0.4, 0.5) is 105 Å². The van der Waals surface area contributed by atoms with Crippen LogP contribution in [0.25, 0.3) is 33.4 Å². The number of halogens is 24. The maximum absolute atomic E-state index is 13.4. The van der Waals surface area contributed by atoms with Gasteiger partial charge in [0.1, 0.15) is 0 Å². The van der Waals surface area contributed by atoms with E-state index in [-0.39, 0.29) is 44.8 Å². The van der Waals surface area contributed by atoms with Crippen molar-refractivity contribution in [3.63, 3.8) is 0 Å². The molecule has 0 saturated heterocycles. The highest BCUT2D eigenvalue weighted by atomic mass is 19.2. The molecule has 0 unspecified atom stereocenters. The van der Waals surface area contributed by atoms with Gasteiger partial charge in [0.05, 0.1) is 41.8 Å². The van der Waals surface area contributed by atoms with E-state index in [9.17, 15) is 105 Å². The van der Waals surface area contributed by atoms with Gasteiger partial charge in [0, 0.05) is 36.4 Å². The Morgan fingerprint density at radius 2 is 0.213 bits per heavy atom. The fraction of sp³-hybridized carbons (Fsp3) is 0. The lowest BCUT2D eigenvalue weighted by atomic mass is 10.0. The zero-order chi connectivity index (χ0) is 45.6. The summed E-state index contributed by atoms with van der Waals surface area (Å²) in [6.45, 7) is 0. The van der Waals surface area contributed by atoms with Crippen molar-refractivity contribution in [2.45, 2.75) is 0 Å². The summed E-state index contributed by atoms with van der Waals surface area (Å²) in [5.74, 6) is -49.7. The monoisotopic (exact) mass is 908 g/mol. The molecule has 0 amide bonds. The van der Waals surface area contributed by atoms with Crippen molar-refractivity contribution in [1.82, 2.24) is 0 Å². The van der Waals surface area contributed by atoms with Gasteiger partial charge in [-0.1, -0.05) is 0 Å². The van der Waals surface area contributed by atoms with E-state index < -0.39 is 173 Å². The topological polar surface area (TPSA) is 0 Å². The van der Waals surface area contributed by atoms with Crippen molar-refractivity contribution in [3.8, 4) is 33.4 Å². The first-order valence-electron chi connectivity index (χ1n) is 14.7. The van der Waals surface area contributed by atoms with Crippen LogP contribution in [0.5, 0.6) is 0 Å². The van der Waals surface area contributed by atoms with E-state index in [4.69, 9.17) is 0 Å². The van der Waals surface area contributed by atoms with Gasteiger partial charge in [-0.2, -0.15) is 0 Å². The van der Waals surface area contributed by atoms with E-state index >= 15 is 0 Å². The van der Waals surface area contributed by atoms with Crippen molar-refractivity contribution in [2.24, 2.45) is 0 Å². The Labute approximate surface area is 323 Å². The number of hydrogen-bond donors (Lipinski definition) is 0. The molecule has 0 saturated carbocycles. The molecule has 61 heavy (non-hydrogen) atoms. The summed E-state index contributed by atoms with van der Waals surface area (Å²) in [5, 5.41) is 0. The molecule has 25 heteroatoms. The smallest absolute Gasteiger partial charge is 0.170 e. The van der Waals surface area contributed by atoms with Crippen molar-refractivity contribution >= 4 is 8.41 Å². The van der Waals surface area contributed by atoms with E-state index in [0.29, 0.717) is 0 Å². The third kappa shape index (κ3) is 9.09. The standard InChI is InChI=1S/3C12H2F8.BH3/c3*13-3-1-4(14)10(18)7(9(3)17)8-11(19)5(15)2-6(16)12(8)20;/h3*1-2H;1H3. The maximum atomic E-state index is 13.4. The summed E-state index contributed by atoms with van der Waals surface area (Å²) in [4.78, 5) is 0. The normalized spacial score (nSPS) is 10.8. The van der Waals surface area contributed by atoms with Crippen molar-refractivity contribution in [1.29, 1.82) is 0 Å². The second kappa shape index (κ2) is 18.5. The van der Waals surface area contributed by atoms with Gasteiger partial charge < -0.3 is 0 Å². The Bertz CT molecular complexity index is 2080. The third-order valence-electron chi connectivity index (χ3n) is 7.42. The minimum Gasteiger partial charge on any atom is -0.204 e. The van der Waals surface area contributed by atoms with Gasteiger partial charge in [0.2, 0.25) is 0 Å². The summed E-state index contributed by atoms with van der Waals surface area (Å²) in [6.07, 6.45) is 0. The molecule has 0 radical (unpaired) electrons. The second-order valence-electron chi connectivity index (χ2n) is 11.1. The van der Waals surface area contributed by atoms with Gasteiger partial charge in [-0.05, 0) is 0 Å². The molecule has 0 aromatic heterocycles. The Morgan fingerprint density at radius 3 is 0.279 bits per heavy atom. The highest BCUT2D eigenvalue weighted by Crippen LogP contribution is 2.38. The van der Waals surface area contributed by atoms with Crippen LogP contribution in [0.1, 0.15) is 0 Å². The fourth-order valence-electron chi connectivity index (χ4n) is 4.76. The molecule has 0 atom stereocenters. The molecule has 0 heterocycles. The number of benzene rings is 6. The van der Waals surface area contributed by atoms with E-state index in [1.54, 1.807) is 0 Å². The molecule has 0 bridgehead atoms. The van der Waals surface area contributed by atoms with Crippen LogP contribution in [-0.4, -0.2) is 8.41 Å². The van der Waals surface area contributed by atoms with Crippen LogP contribution < -0.4 is 0 Å². The second-order valence-corrected chi connectivity index (χ2v) is 11.1. The van der Waals surface area contributed by atoms with Gasteiger partial charge in [-0.3, -0.25) is 0 Å². The Morgan fingerprint density at radius 1 is 0.148 bits per heavy atom. The zero-order valence-electron chi connectivity index (χ0n) is 27.5. The molecule has 0 aliphatic heterocycles. The highest BCUT2D eigenvalue weighted by Gasteiger charge is 2.32. The maximum Gasteiger partial charge on any atom is 0.170 e. The zero-order valence-corrected chi connectivity index (χ0v) is 27.5. The predicted molar refractivity (Wildman–Crippen MR) is 165 cm³/mol. The van der Waals surface area contributed by atoms with Gasteiger partial charge >= 0.3 is 0 Å². The lowest BCUT2D eigenvalue weighted by Gasteiger charge is -2.10. The molecular formula is C36H9BF24. The largest absolute Gasteiger partial charge is 0.204 e. The molecule has 0 nitrogen and oxygen atoms in total. The summed E-state index contributed by atoms with van der Waals surface area (Å²) in [5.41, 5.74) is -11.2. The molecule has 0 aliphatic carbocycles. The molecule has 6 aromatic rings. The Kier molecular flexibility index (Phi) is 14.9. The van der Waals surface area contributed by atoms with Crippen molar-refractivity contribution in [2.75, 3.05) is 0 Å². The average molecular weight is 908 g/mol. The summed E-state index contributed by atoms with van der Waals surface area (Å²) < 4.78 is 316.